The molecule has 0 amide bonds. The van der Waals surface area contributed by atoms with Gasteiger partial charge in [-0.1, -0.05) is 40.2 Å². The first-order valence-corrected chi connectivity index (χ1v) is 11.4. The second kappa shape index (κ2) is 10.0. The molecule has 0 radical (unpaired) electrons. The van der Waals surface area contributed by atoms with E-state index in [2.05, 4.69) is 26.0 Å². The number of ether oxygens (including phenoxy) is 2. The zero-order chi connectivity index (χ0) is 23.4. The van der Waals surface area contributed by atoms with Crippen LogP contribution in [0.3, 0.4) is 0 Å². The summed E-state index contributed by atoms with van der Waals surface area (Å²) in [5.41, 5.74) is -0.117. The second-order valence-corrected chi connectivity index (χ2v) is 8.39. The molecule has 0 saturated carbocycles. The third-order valence-electron chi connectivity index (χ3n) is 4.60. The first kappa shape index (κ1) is 23.6. The maximum atomic E-state index is 13.4. The van der Waals surface area contributed by atoms with Gasteiger partial charge in [0.05, 0.1) is 37.1 Å². The van der Waals surface area contributed by atoms with E-state index < -0.39 is 23.5 Å². The molecule has 0 aliphatic heterocycles. The topological polar surface area (TPSA) is 119 Å². The molecule has 0 saturated heterocycles. The summed E-state index contributed by atoms with van der Waals surface area (Å²) < 4.78 is 9.32. The van der Waals surface area contributed by atoms with Gasteiger partial charge in [0.25, 0.3) is 0 Å². The number of carbonyl (C=O) groups is 4. The van der Waals surface area contributed by atoms with Crippen molar-refractivity contribution in [3.8, 4) is 5.75 Å². The second-order valence-electron chi connectivity index (χ2n) is 6.46. The van der Waals surface area contributed by atoms with Crippen LogP contribution in [0.2, 0.25) is 0 Å². The highest BCUT2D eigenvalue weighted by Gasteiger charge is 2.36. The zero-order valence-electron chi connectivity index (χ0n) is 17.1. The molecule has 3 rings (SSSR count). The van der Waals surface area contributed by atoms with Crippen molar-refractivity contribution in [2.75, 3.05) is 30.6 Å². The Balaban J connectivity index is 2.27. The number of nitrogens with one attached hydrogen (secondary N) is 1. The number of aromatic hydroxyl groups is 1. The van der Waals surface area contributed by atoms with Gasteiger partial charge in [-0.25, -0.2) is 9.59 Å². The maximum Gasteiger partial charge on any atom is 0.354 e. The lowest BCUT2D eigenvalue weighted by Crippen LogP contribution is -2.24. The number of esters is 2. The highest BCUT2D eigenvalue weighted by Crippen LogP contribution is 2.43. The Morgan fingerprint density at radius 2 is 1.72 bits per heavy atom. The van der Waals surface area contributed by atoms with E-state index in [0.29, 0.717) is 16.0 Å². The lowest BCUT2D eigenvalue weighted by molar-refractivity contribution is -0.138. The van der Waals surface area contributed by atoms with Crippen LogP contribution in [0.25, 0.3) is 0 Å². The number of thioether (sulfide) groups is 1. The Morgan fingerprint density at radius 1 is 1.09 bits per heavy atom. The van der Waals surface area contributed by atoms with Crippen molar-refractivity contribution in [3.63, 3.8) is 0 Å². The monoisotopic (exact) mass is 519 g/mol. The maximum absolute atomic E-state index is 13.4. The Morgan fingerprint density at radius 3 is 2.28 bits per heavy atom. The summed E-state index contributed by atoms with van der Waals surface area (Å²) in [6.45, 7) is 0. The summed E-state index contributed by atoms with van der Waals surface area (Å²) in [6.07, 6.45) is 0.882. The number of alkyl halides is 1. The van der Waals surface area contributed by atoms with Gasteiger partial charge in [0, 0.05) is 27.1 Å². The van der Waals surface area contributed by atoms with Crippen molar-refractivity contribution in [1.82, 2.24) is 0 Å². The molecule has 0 unspecified atom stereocenters. The smallest absolute Gasteiger partial charge is 0.354 e. The van der Waals surface area contributed by atoms with Crippen LogP contribution in [0.5, 0.6) is 5.75 Å². The number of fused-ring (bicyclic) bond motifs is 2. The van der Waals surface area contributed by atoms with Crippen molar-refractivity contribution in [2.24, 2.45) is 0 Å². The zero-order valence-corrected chi connectivity index (χ0v) is 19.5. The molecule has 2 aromatic rings. The molecule has 0 spiro atoms. The van der Waals surface area contributed by atoms with Gasteiger partial charge in [0.2, 0.25) is 0 Å². The molecule has 10 heteroatoms. The number of methoxy groups -OCH3 is 2. The minimum atomic E-state index is -0.886. The first-order valence-electron chi connectivity index (χ1n) is 9.26. The molecule has 1 aliphatic rings. The Hall–Kier alpha value is -3.11. The summed E-state index contributed by atoms with van der Waals surface area (Å²) in [5.74, 6) is -2.54. The van der Waals surface area contributed by atoms with Gasteiger partial charge in [-0.3, -0.25) is 9.59 Å². The number of phenolic OH excluding ortho intramolecular Hbond substituents is 1. The van der Waals surface area contributed by atoms with E-state index in [1.54, 1.807) is 12.1 Å². The minimum Gasteiger partial charge on any atom is -0.507 e. The summed E-state index contributed by atoms with van der Waals surface area (Å²) in [6, 6.07) is 7.63. The van der Waals surface area contributed by atoms with Crippen LogP contribution in [0.15, 0.2) is 47.0 Å². The summed E-state index contributed by atoms with van der Waals surface area (Å²) in [7, 11) is 2.28. The van der Waals surface area contributed by atoms with Gasteiger partial charge >= 0.3 is 11.9 Å². The van der Waals surface area contributed by atoms with E-state index in [1.807, 2.05) is 0 Å². The van der Waals surface area contributed by atoms with E-state index in [9.17, 15) is 24.3 Å². The quantitative estimate of drug-likeness (QED) is 0.159. The van der Waals surface area contributed by atoms with Gasteiger partial charge < -0.3 is 19.9 Å². The highest BCUT2D eigenvalue weighted by atomic mass is 79.9. The molecule has 0 atom stereocenters. The fourth-order valence-corrected chi connectivity index (χ4v) is 4.48. The Labute approximate surface area is 196 Å². The number of phenols is 1. The fraction of sp³-hybridized carbons (Fsp3) is 0.182. The van der Waals surface area contributed by atoms with Crippen molar-refractivity contribution >= 4 is 56.9 Å². The third-order valence-corrected chi connectivity index (χ3v) is 6.57. The number of hydrogen-bond acceptors (Lipinski definition) is 9. The summed E-state index contributed by atoms with van der Waals surface area (Å²) in [4.78, 5) is 51.0. The van der Waals surface area contributed by atoms with E-state index in [1.165, 1.54) is 30.0 Å². The van der Waals surface area contributed by atoms with Crippen LogP contribution in [0.4, 0.5) is 5.69 Å². The molecular weight excluding hydrogens is 502 g/mol. The molecule has 166 valence electrons. The van der Waals surface area contributed by atoms with Crippen LogP contribution in [-0.4, -0.2) is 53.9 Å². The van der Waals surface area contributed by atoms with Gasteiger partial charge in [-0.05, 0) is 6.07 Å². The largest absolute Gasteiger partial charge is 0.507 e. The van der Waals surface area contributed by atoms with E-state index in [4.69, 9.17) is 4.74 Å². The van der Waals surface area contributed by atoms with Crippen molar-refractivity contribution in [2.45, 2.75) is 4.90 Å². The Kier molecular flexibility index (Phi) is 7.37. The van der Waals surface area contributed by atoms with Crippen molar-refractivity contribution in [3.05, 3.63) is 64.4 Å². The number of halogens is 1. The van der Waals surface area contributed by atoms with Crippen LogP contribution in [-0.2, 0) is 19.1 Å². The lowest BCUT2D eigenvalue weighted by atomic mass is 9.82. The van der Waals surface area contributed by atoms with E-state index >= 15 is 0 Å². The SMILES string of the molecule is COC(=O)/C=C(/Nc1c(SCCBr)cc(O)c2c1C(=O)c1ccccc1C2=O)C(=O)OC. The van der Waals surface area contributed by atoms with Gasteiger partial charge in [-0.15, -0.1) is 11.8 Å². The van der Waals surface area contributed by atoms with Gasteiger partial charge in [-0.2, -0.15) is 0 Å². The van der Waals surface area contributed by atoms with Gasteiger partial charge in [0.15, 0.2) is 11.6 Å². The molecule has 0 heterocycles. The Bertz CT molecular complexity index is 1160. The first-order chi connectivity index (χ1) is 15.3. The number of hydrogen-bond donors (Lipinski definition) is 2. The lowest BCUT2D eigenvalue weighted by Gasteiger charge is -2.24. The number of ketones is 2. The average molecular weight is 520 g/mol. The van der Waals surface area contributed by atoms with E-state index in [0.717, 1.165) is 20.3 Å². The van der Waals surface area contributed by atoms with E-state index in [-0.39, 0.29) is 39.4 Å². The molecule has 0 bridgehead atoms. The molecule has 0 aromatic heterocycles. The fourth-order valence-electron chi connectivity index (χ4n) is 3.20. The van der Waals surface area contributed by atoms with Crippen LogP contribution in [0.1, 0.15) is 31.8 Å². The number of benzene rings is 2. The number of anilines is 1. The number of rotatable bonds is 7. The molecule has 2 aromatic carbocycles. The molecule has 8 nitrogen and oxygen atoms in total. The van der Waals surface area contributed by atoms with Crippen LogP contribution in [0, 0.1) is 0 Å². The van der Waals surface area contributed by atoms with Crippen molar-refractivity contribution in [1.29, 1.82) is 0 Å². The third kappa shape index (κ3) is 4.42. The highest BCUT2D eigenvalue weighted by molar-refractivity contribution is 9.09. The molecular formula is C22H18BrNO7S. The molecule has 0 fully saturated rings. The predicted octanol–water partition coefficient (Wildman–Crippen LogP) is 3.30. The minimum absolute atomic E-state index is 0.0922. The summed E-state index contributed by atoms with van der Waals surface area (Å²) >= 11 is 4.60. The van der Waals surface area contributed by atoms with Crippen LogP contribution >= 0.6 is 27.7 Å². The molecule has 32 heavy (non-hydrogen) atoms. The average Bonchev–Trinajstić information content (AvgIpc) is 2.80. The van der Waals surface area contributed by atoms with Crippen molar-refractivity contribution < 1.29 is 33.8 Å². The predicted molar refractivity (Wildman–Crippen MR) is 122 cm³/mol. The standard InChI is InChI=1S/C22H18BrNO7S/c1-30-16(26)9-13(22(29)31-2)24-19-15(32-8-7-23)10-14(25)17-18(19)21(28)12-6-4-3-5-11(12)20(17)27/h3-6,9-10,24-25H,7-8H2,1-2H3/b13-9+. The summed E-state index contributed by atoms with van der Waals surface area (Å²) in [5, 5.41) is 14.0. The number of carbonyl (C=O) groups excluding carboxylic acids is 4. The normalized spacial score (nSPS) is 12.7. The molecule has 1 aliphatic carbocycles. The van der Waals surface area contributed by atoms with Gasteiger partial charge in [0.1, 0.15) is 11.4 Å². The van der Waals surface area contributed by atoms with Crippen LogP contribution < -0.4 is 5.32 Å². The molecule has 2 N–H and O–H groups in total.